The molecule has 5 nitrogen and oxygen atoms in total. The monoisotopic (exact) mass is 330 g/mol. The van der Waals surface area contributed by atoms with Crippen LogP contribution in [0.3, 0.4) is 0 Å². The Morgan fingerprint density at radius 3 is 2.58 bits per heavy atom. The maximum atomic E-state index is 12.8. The van der Waals surface area contributed by atoms with Gasteiger partial charge >= 0.3 is 0 Å². The summed E-state index contributed by atoms with van der Waals surface area (Å²) in [5.41, 5.74) is 0.0809. The first-order valence-electron chi connectivity index (χ1n) is 8.47. The van der Waals surface area contributed by atoms with Gasteiger partial charge in [-0.3, -0.25) is 4.79 Å². The molecule has 2 rings (SSSR count). The highest BCUT2D eigenvalue weighted by Gasteiger charge is 2.41. The fraction of sp³-hybridized carbons (Fsp3) is 0.579. The van der Waals surface area contributed by atoms with Crippen molar-refractivity contribution in [1.29, 1.82) is 5.26 Å². The van der Waals surface area contributed by atoms with Gasteiger partial charge in [0.05, 0.1) is 17.4 Å². The highest BCUT2D eigenvalue weighted by atomic mass is 16.5. The Morgan fingerprint density at radius 2 is 2.04 bits per heavy atom. The van der Waals surface area contributed by atoms with Crippen LogP contribution < -0.4 is 10.1 Å². The minimum absolute atomic E-state index is 0.0259. The van der Waals surface area contributed by atoms with Crippen molar-refractivity contribution in [3.05, 3.63) is 23.8 Å². The number of nitrogens with zero attached hydrogens (tertiary/aromatic N) is 1. The number of benzene rings is 1. The van der Waals surface area contributed by atoms with Gasteiger partial charge in [-0.25, -0.2) is 0 Å². The molecule has 5 heteroatoms. The molecule has 130 valence electrons. The molecule has 1 saturated carbocycles. The minimum atomic E-state index is -0.799. The number of carbonyl (C=O) groups is 1. The molecule has 0 heterocycles. The second-order valence-corrected chi connectivity index (χ2v) is 6.82. The van der Waals surface area contributed by atoms with Crippen LogP contribution in [-0.4, -0.2) is 24.7 Å². The van der Waals surface area contributed by atoms with Gasteiger partial charge in [-0.1, -0.05) is 6.92 Å². The Balaban J connectivity index is 2.17. The number of nitrogens with one attached hydrogen (secondary N) is 1. The van der Waals surface area contributed by atoms with E-state index in [4.69, 9.17) is 9.47 Å². The van der Waals surface area contributed by atoms with Crippen molar-refractivity contribution in [2.45, 2.75) is 58.2 Å². The van der Waals surface area contributed by atoms with E-state index in [1.165, 1.54) is 0 Å². The summed E-state index contributed by atoms with van der Waals surface area (Å²) in [6.07, 6.45) is 3.36. The molecule has 24 heavy (non-hydrogen) atoms. The molecule has 1 aliphatic rings. The first-order valence-corrected chi connectivity index (χ1v) is 8.47. The Morgan fingerprint density at radius 1 is 1.38 bits per heavy atom. The van der Waals surface area contributed by atoms with Crippen LogP contribution in [-0.2, 0) is 9.53 Å². The van der Waals surface area contributed by atoms with Gasteiger partial charge in [-0.2, -0.15) is 5.26 Å². The Labute approximate surface area is 144 Å². The molecule has 1 aromatic carbocycles. The molecular formula is C19H26N2O3. The fourth-order valence-corrected chi connectivity index (χ4v) is 3.06. The van der Waals surface area contributed by atoms with Crippen molar-refractivity contribution >= 4 is 11.6 Å². The van der Waals surface area contributed by atoms with Crippen LogP contribution in [0.2, 0.25) is 0 Å². The van der Waals surface area contributed by atoms with Crippen molar-refractivity contribution in [2.75, 3.05) is 12.4 Å². The third-order valence-electron chi connectivity index (χ3n) is 4.62. The van der Waals surface area contributed by atoms with E-state index in [9.17, 15) is 10.1 Å². The SMILES string of the molecule is COC1(C(=O)Nc2ccc(OC(C)C)cc2C#N)CCC(C)CC1. The van der Waals surface area contributed by atoms with Crippen LogP contribution in [0.15, 0.2) is 18.2 Å². The largest absolute Gasteiger partial charge is 0.491 e. The number of hydrogen-bond donors (Lipinski definition) is 1. The normalized spacial score (nSPS) is 23.6. The average molecular weight is 330 g/mol. The molecule has 0 radical (unpaired) electrons. The molecule has 1 fully saturated rings. The summed E-state index contributed by atoms with van der Waals surface area (Å²) in [4.78, 5) is 12.8. The van der Waals surface area contributed by atoms with Gasteiger partial charge < -0.3 is 14.8 Å². The topological polar surface area (TPSA) is 71.3 Å². The van der Waals surface area contributed by atoms with Gasteiger partial charge in [0.1, 0.15) is 17.4 Å². The van der Waals surface area contributed by atoms with Gasteiger partial charge in [-0.05, 0) is 57.6 Å². The lowest BCUT2D eigenvalue weighted by Crippen LogP contribution is -2.47. The maximum absolute atomic E-state index is 12.8. The number of nitriles is 1. The van der Waals surface area contributed by atoms with Crippen molar-refractivity contribution in [1.82, 2.24) is 0 Å². The van der Waals surface area contributed by atoms with E-state index in [-0.39, 0.29) is 12.0 Å². The molecule has 1 aromatic rings. The first kappa shape index (κ1) is 18.3. The third-order valence-corrected chi connectivity index (χ3v) is 4.62. The van der Waals surface area contributed by atoms with Crippen molar-refractivity contribution < 1.29 is 14.3 Å². The number of methoxy groups -OCH3 is 1. The number of anilines is 1. The van der Waals surface area contributed by atoms with Crippen molar-refractivity contribution in [3.63, 3.8) is 0 Å². The molecule has 1 amide bonds. The molecule has 0 aliphatic heterocycles. The van der Waals surface area contributed by atoms with E-state index in [0.717, 1.165) is 12.8 Å². The fourth-order valence-electron chi connectivity index (χ4n) is 3.06. The van der Waals surface area contributed by atoms with Gasteiger partial charge in [0.25, 0.3) is 5.91 Å². The quantitative estimate of drug-likeness (QED) is 0.889. The Kier molecular flexibility index (Phi) is 5.84. The maximum Gasteiger partial charge on any atom is 0.256 e. The van der Waals surface area contributed by atoms with Crippen LogP contribution in [0.4, 0.5) is 5.69 Å². The van der Waals surface area contributed by atoms with Crippen LogP contribution in [0.1, 0.15) is 52.0 Å². The van der Waals surface area contributed by atoms with Gasteiger partial charge in [0.2, 0.25) is 0 Å². The summed E-state index contributed by atoms with van der Waals surface area (Å²) < 4.78 is 11.2. The highest BCUT2D eigenvalue weighted by Crippen LogP contribution is 2.35. The zero-order chi connectivity index (χ0) is 17.7. The highest BCUT2D eigenvalue weighted by molar-refractivity contribution is 5.98. The lowest BCUT2D eigenvalue weighted by atomic mass is 9.79. The number of amides is 1. The zero-order valence-electron chi connectivity index (χ0n) is 14.9. The predicted molar refractivity (Wildman–Crippen MR) is 92.9 cm³/mol. The molecule has 0 unspecified atom stereocenters. The molecule has 0 spiro atoms. The molecule has 0 bridgehead atoms. The number of hydrogen-bond acceptors (Lipinski definition) is 4. The van der Waals surface area contributed by atoms with Crippen LogP contribution in [0.5, 0.6) is 5.75 Å². The summed E-state index contributed by atoms with van der Waals surface area (Å²) in [5, 5.41) is 12.2. The molecule has 0 atom stereocenters. The molecule has 1 aliphatic carbocycles. The van der Waals surface area contributed by atoms with Gasteiger partial charge in [-0.15, -0.1) is 0 Å². The summed E-state index contributed by atoms with van der Waals surface area (Å²) in [6.45, 7) is 6.04. The van der Waals surface area contributed by atoms with E-state index in [2.05, 4.69) is 18.3 Å². The van der Waals surface area contributed by atoms with E-state index in [1.807, 2.05) is 13.8 Å². The molecule has 1 N–H and O–H groups in total. The van der Waals surface area contributed by atoms with Crippen molar-refractivity contribution in [3.8, 4) is 11.8 Å². The van der Waals surface area contributed by atoms with E-state index in [0.29, 0.717) is 35.8 Å². The lowest BCUT2D eigenvalue weighted by molar-refractivity contribution is -0.142. The van der Waals surface area contributed by atoms with Gasteiger partial charge in [0, 0.05) is 13.2 Å². The lowest BCUT2D eigenvalue weighted by Gasteiger charge is -2.36. The summed E-state index contributed by atoms with van der Waals surface area (Å²) in [7, 11) is 1.58. The minimum Gasteiger partial charge on any atom is -0.491 e. The number of carbonyl (C=O) groups excluding carboxylic acids is 1. The van der Waals surface area contributed by atoms with Crippen LogP contribution in [0.25, 0.3) is 0 Å². The Bertz CT molecular complexity index is 626. The van der Waals surface area contributed by atoms with Crippen LogP contribution >= 0.6 is 0 Å². The van der Waals surface area contributed by atoms with E-state index >= 15 is 0 Å². The number of ether oxygens (including phenoxy) is 2. The van der Waals surface area contributed by atoms with E-state index < -0.39 is 5.60 Å². The van der Waals surface area contributed by atoms with Crippen molar-refractivity contribution in [2.24, 2.45) is 5.92 Å². The Hall–Kier alpha value is -2.06. The number of rotatable bonds is 5. The molecule has 0 aromatic heterocycles. The third kappa shape index (κ3) is 4.07. The first-order chi connectivity index (χ1) is 11.4. The van der Waals surface area contributed by atoms with E-state index in [1.54, 1.807) is 25.3 Å². The summed E-state index contributed by atoms with van der Waals surface area (Å²) in [5.74, 6) is 1.06. The van der Waals surface area contributed by atoms with Crippen LogP contribution in [0, 0.1) is 17.2 Å². The zero-order valence-corrected chi connectivity index (χ0v) is 14.9. The predicted octanol–water partition coefficient (Wildman–Crippen LogP) is 3.88. The van der Waals surface area contributed by atoms with Gasteiger partial charge in [0.15, 0.2) is 0 Å². The smallest absolute Gasteiger partial charge is 0.256 e. The second-order valence-electron chi connectivity index (χ2n) is 6.82. The summed E-state index contributed by atoms with van der Waals surface area (Å²) >= 11 is 0. The standard InChI is InChI=1S/C19H26N2O3/c1-13(2)24-16-5-6-17(15(11-16)12-20)21-18(22)19(23-4)9-7-14(3)8-10-19/h5-6,11,13-14H,7-10H2,1-4H3,(H,21,22). The molecular weight excluding hydrogens is 304 g/mol. The second kappa shape index (κ2) is 7.67. The average Bonchev–Trinajstić information content (AvgIpc) is 2.56. The molecule has 0 saturated heterocycles. The summed E-state index contributed by atoms with van der Waals surface area (Å²) in [6, 6.07) is 7.24.